The van der Waals surface area contributed by atoms with Crippen molar-refractivity contribution in [2.75, 3.05) is 6.61 Å². The van der Waals surface area contributed by atoms with Crippen LogP contribution < -0.4 is 15.8 Å². The predicted octanol–water partition coefficient (Wildman–Crippen LogP) is 2.94. The zero-order valence-electron chi connectivity index (χ0n) is 13.0. The van der Waals surface area contributed by atoms with Gasteiger partial charge in [-0.05, 0) is 24.6 Å². The van der Waals surface area contributed by atoms with Crippen molar-refractivity contribution >= 4 is 29.9 Å². The number of fused-ring (bicyclic) bond motifs is 1. The molecule has 2 heterocycles. The summed E-state index contributed by atoms with van der Waals surface area (Å²) in [5, 5.41) is 3.28. The number of ether oxygens (including phenoxy) is 1. The minimum atomic E-state index is 0. The fourth-order valence-corrected chi connectivity index (χ4v) is 2.56. The lowest BCUT2D eigenvalue weighted by atomic mass is 10.0. The Balaban J connectivity index is 0.00000192. The van der Waals surface area contributed by atoms with Gasteiger partial charge in [0.05, 0.1) is 24.9 Å². The van der Waals surface area contributed by atoms with Gasteiger partial charge in [-0.1, -0.05) is 24.3 Å². The van der Waals surface area contributed by atoms with Gasteiger partial charge in [-0.3, -0.25) is 4.98 Å². The Bertz CT molecular complexity index is 690. The second-order valence-corrected chi connectivity index (χ2v) is 5.34. The number of benzene rings is 1. The van der Waals surface area contributed by atoms with Crippen LogP contribution in [0.1, 0.15) is 29.3 Å². The number of hydrogen-bond donors (Lipinski definition) is 2. The molecule has 0 saturated heterocycles. The first-order chi connectivity index (χ1) is 10.7. The van der Waals surface area contributed by atoms with Crippen LogP contribution in [0.4, 0.5) is 0 Å². The summed E-state index contributed by atoms with van der Waals surface area (Å²) in [6.45, 7) is 3.19. The summed E-state index contributed by atoms with van der Waals surface area (Å²) in [6, 6.07) is 12.1. The fourth-order valence-electron chi connectivity index (χ4n) is 2.56. The van der Waals surface area contributed by atoms with Gasteiger partial charge in [-0.2, -0.15) is 0 Å². The van der Waals surface area contributed by atoms with E-state index in [1.54, 1.807) is 6.20 Å². The Morgan fingerprint density at radius 3 is 3.00 bits per heavy atom. The van der Waals surface area contributed by atoms with Crippen LogP contribution in [-0.4, -0.2) is 17.6 Å². The molecule has 122 valence electrons. The van der Waals surface area contributed by atoms with Crippen LogP contribution in [0.25, 0.3) is 0 Å². The molecule has 5 nitrogen and oxygen atoms in total. The van der Waals surface area contributed by atoms with Crippen LogP contribution in [0.2, 0.25) is 0 Å². The average Bonchev–Trinajstić information content (AvgIpc) is 2.54. The number of nitrogens with zero attached hydrogens (tertiary/aromatic N) is 2. The predicted molar refractivity (Wildman–Crippen MR) is 102 cm³/mol. The summed E-state index contributed by atoms with van der Waals surface area (Å²) in [4.78, 5) is 8.72. The van der Waals surface area contributed by atoms with E-state index >= 15 is 0 Å². The first-order valence-corrected chi connectivity index (χ1v) is 7.42. The van der Waals surface area contributed by atoms with E-state index in [0.717, 1.165) is 29.0 Å². The molecule has 3 N–H and O–H groups in total. The first kappa shape index (κ1) is 17.5. The lowest BCUT2D eigenvalue weighted by Crippen LogP contribution is -2.37. The molecule has 0 spiro atoms. The molecule has 0 fully saturated rings. The molecule has 0 saturated carbocycles. The number of para-hydroxylation sites is 1. The van der Waals surface area contributed by atoms with Gasteiger partial charge in [0.15, 0.2) is 5.96 Å². The maximum Gasteiger partial charge on any atom is 0.189 e. The van der Waals surface area contributed by atoms with E-state index < -0.39 is 0 Å². The number of guanidine groups is 1. The number of halogens is 1. The highest BCUT2D eigenvalue weighted by molar-refractivity contribution is 14.0. The highest BCUT2D eigenvalue weighted by atomic mass is 127. The van der Waals surface area contributed by atoms with Crippen molar-refractivity contribution in [1.29, 1.82) is 0 Å². The number of pyridine rings is 1. The van der Waals surface area contributed by atoms with Gasteiger partial charge in [-0.15, -0.1) is 24.0 Å². The number of rotatable bonds is 3. The third-order valence-electron chi connectivity index (χ3n) is 3.80. The molecule has 2 aromatic rings. The third-order valence-corrected chi connectivity index (χ3v) is 3.80. The monoisotopic (exact) mass is 424 g/mol. The van der Waals surface area contributed by atoms with Crippen molar-refractivity contribution in [1.82, 2.24) is 10.3 Å². The van der Waals surface area contributed by atoms with Crippen LogP contribution in [0, 0.1) is 6.92 Å². The lowest BCUT2D eigenvalue weighted by molar-refractivity contribution is 0.262. The van der Waals surface area contributed by atoms with Gasteiger partial charge in [0.1, 0.15) is 5.75 Å². The van der Waals surface area contributed by atoms with Crippen molar-refractivity contribution in [2.24, 2.45) is 10.7 Å². The fraction of sp³-hybridized carbons (Fsp3) is 0.294. The summed E-state index contributed by atoms with van der Waals surface area (Å²) in [7, 11) is 0. The molecule has 1 aliphatic heterocycles. The highest BCUT2D eigenvalue weighted by Gasteiger charge is 2.21. The van der Waals surface area contributed by atoms with Crippen LogP contribution in [0.3, 0.4) is 0 Å². The number of aliphatic imine (C=N–C) groups is 1. The molecule has 6 heteroatoms. The molecule has 0 amide bonds. The SMILES string of the molecule is Cc1cccnc1CN=C(N)NC1CCOc2ccccc21.I. The first-order valence-electron chi connectivity index (χ1n) is 7.42. The molecular weight excluding hydrogens is 403 g/mol. The second-order valence-electron chi connectivity index (χ2n) is 5.34. The van der Waals surface area contributed by atoms with E-state index in [0.29, 0.717) is 19.1 Å². The van der Waals surface area contributed by atoms with Crippen LogP contribution in [0.5, 0.6) is 5.75 Å². The minimum Gasteiger partial charge on any atom is -0.493 e. The highest BCUT2D eigenvalue weighted by Crippen LogP contribution is 2.31. The quantitative estimate of drug-likeness (QED) is 0.452. The van der Waals surface area contributed by atoms with E-state index in [1.165, 1.54) is 0 Å². The van der Waals surface area contributed by atoms with Crippen molar-refractivity contribution in [2.45, 2.75) is 25.9 Å². The van der Waals surface area contributed by atoms with E-state index in [4.69, 9.17) is 10.5 Å². The van der Waals surface area contributed by atoms with Gasteiger partial charge in [0.2, 0.25) is 0 Å². The molecule has 1 aromatic heterocycles. The third kappa shape index (κ3) is 4.34. The Kier molecular flexibility index (Phi) is 6.20. The summed E-state index contributed by atoms with van der Waals surface area (Å²) >= 11 is 0. The molecular formula is C17H21IN4O. The van der Waals surface area contributed by atoms with Crippen molar-refractivity contribution in [3.63, 3.8) is 0 Å². The number of hydrogen-bond acceptors (Lipinski definition) is 3. The molecule has 1 aromatic carbocycles. The van der Waals surface area contributed by atoms with Crippen LogP contribution in [0.15, 0.2) is 47.6 Å². The average molecular weight is 424 g/mol. The van der Waals surface area contributed by atoms with Crippen LogP contribution >= 0.6 is 24.0 Å². The zero-order chi connectivity index (χ0) is 15.4. The lowest BCUT2D eigenvalue weighted by Gasteiger charge is -2.26. The molecule has 0 bridgehead atoms. The zero-order valence-corrected chi connectivity index (χ0v) is 15.4. The number of nitrogens with one attached hydrogen (secondary N) is 1. The van der Waals surface area contributed by atoms with Crippen molar-refractivity contribution in [3.05, 3.63) is 59.4 Å². The largest absolute Gasteiger partial charge is 0.493 e. The van der Waals surface area contributed by atoms with Gasteiger partial charge >= 0.3 is 0 Å². The summed E-state index contributed by atoms with van der Waals surface area (Å²) < 4.78 is 5.65. The van der Waals surface area contributed by atoms with Gasteiger partial charge < -0.3 is 15.8 Å². The second kappa shape index (κ2) is 8.14. The van der Waals surface area contributed by atoms with Crippen molar-refractivity contribution in [3.8, 4) is 5.75 Å². The van der Waals surface area contributed by atoms with Crippen LogP contribution in [-0.2, 0) is 6.54 Å². The number of aryl methyl sites for hydroxylation is 1. The summed E-state index contributed by atoms with van der Waals surface area (Å²) in [6.07, 6.45) is 2.64. The van der Waals surface area contributed by atoms with Gasteiger partial charge in [0, 0.05) is 18.2 Å². The van der Waals surface area contributed by atoms with E-state index in [9.17, 15) is 0 Å². The maximum absolute atomic E-state index is 6.03. The molecule has 0 radical (unpaired) electrons. The summed E-state index contributed by atoms with van der Waals surface area (Å²) in [5.74, 6) is 1.35. The Morgan fingerprint density at radius 2 is 2.17 bits per heavy atom. The van der Waals surface area contributed by atoms with Gasteiger partial charge in [-0.25, -0.2) is 4.99 Å². The smallest absolute Gasteiger partial charge is 0.189 e. The normalized spacial score (nSPS) is 16.7. The summed E-state index contributed by atoms with van der Waals surface area (Å²) in [5.41, 5.74) is 9.22. The molecule has 1 atom stereocenters. The Labute approximate surface area is 153 Å². The van der Waals surface area contributed by atoms with E-state index in [2.05, 4.69) is 21.4 Å². The molecule has 1 unspecified atom stereocenters. The minimum absolute atomic E-state index is 0. The molecule has 0 aliphatic carbocycles. The van der Waals surface area contributed by atoms with E-state index in [-0.39, 0.29) is 30.0 Å². The van der Waals surface area contributed by atoms with Crippen molar-refractivity contribution < 1.29 is 4.74 Å². The van der Waals surface area contributed by atoms with E-state index in [1.807, 2.05) is 37.3 Å². The molecule has 23 heavy (non-hydrogen) atoms. The number of nitrogens with two attached hydrogens (primary N) is 1. The number of aromatic nitrogens is 1. The van der Waals surface area contributed by atoms with Gasteiger partial charge in [0.25, 0.3) is 0 Å². The topological polar surface area (TPSA) is 72.5 Å². The Hall–Kier alpha value is -1.83. The molecule has 3 rings (SSSR count). The molecule has 1 aliphatic rings. The maximum atomic E-state index is 6.03. The standard InChI is InChI=1S/C17H20N4O.HI/c1-12-5-4-9-19-15(12)11-20-17(18)21-14-8-10-22-16-7-3-2-6-13(14)16;/h2-7,9,14H,8,10-11H2,1H3,(H3,18,20,21);1H. The Morgan fingerprint density at radius 1 is 1.35 bits per heavy atom.